The highest BCUT2D eigenvalue weighted by Crippen LogP contribution is 2.27. The summed E-state index contributed by atoms with van der Waals surface area (Å²) in [5.41, 5.74) is 0. The normalized spacial score (nSPS) is 20.9. The number of thioether (sulfide) groups is 1. The van der Waals surface area contributed by atoms with E-state index in [1.165, 1.54) is 4.90 Å². The van der Waals surface area contributed by atoms with E-state index >= 15 is 0 Å². The molecule has 1 aliphatic rings. The van der Waals surface area contributed by atoms with E-state index in [0.29, 0.717) is 11.9 Å². The molecule has 1 saturated heterocycles. The van der Waals surface area contributed by atoms with Gasteiger partial charge in [-0.05, 0) is 18.6 Å². The van der Waals surface area contributed by atoms with Crippen LogP contribution in [0.2, 0.25) is 0 Å². The topological polar surface area (TPSA) is 20.3 Å². The highest BCUT2D eigenvalue weighted by atomic mass is 79.9. The minimum atomic E-state index is -2.44. The maximum atomic E-state index is 12.2. The van der Waals surface area contributed by atoms with Gasteiger partial charge in [-0.15, -0.1) is 11.8 Å². The molecule has 1 aliphatic heterocycles. The zero-order valence-corrected chi connectivity index (χ0v) is 10.7. The van der Waals surface area contributed by atoms with Crippen molar-refractivity contribution >= 4 is 33.6 Å². The molecule has 1 fully saturated rings. The van der Waals surface area contributed by atoms with Crippen LogP contribution in [0.3, 0.4) is 0 Å². The summed E-state index contributed by atoms with van der Waals surface area (Å²) in [6, 6.07) is 0. The predicted octanol–water partition coefficient (Wildman–Crippen LogP) is 2.37. The third-order valence-corrected chi connectivity index (χ3v) is 3.95. The SMILES string of the molecule is O=C(C1CCCS1)N(CCBr)CC(F)F. The summed E-state index contributed by atoms with van der Waals surface area (Å²) >= 11 is 4.75. The first-order chi connectivity index (χ1) is 7.15. The van der Waals surface area contributed by atoms with Crippen LogP contribution in [0.1, 0.15) is 12.8 Å². The standard InChI is InChI=1S/C9H14BrF2NOS/c10-3-4-13(6-8(11)12)9(14)7-2-1-5-15-7/h7-8H,1-6H2. The molecule has 1 rings (SSSR count). The number of amides is 1. The van der Waals surface area contributed by atoms with Crippen molar-refractivity contribution in [2.45, 2.75) is 24.5 Å². The van der Waals surface area contributed by atoms with Crippen molar-refractivity contribution in [1.82, 2.24) is 4.90 Å². The molecule has 0 aromatic heterocycles. The van der Waals surface area contributed by atoms with Gasteiger partial charge in [-0.2, -0.15) is 0 Å². The average molecular weight is 302 g/mol. The lowest BCUT2D eigenvalue weighted by Gasteiger charge is -2.24. The third kappa shape index (κ3) is 4.26. The van der Waals surface area contributed by atoms with Gasteiger partial charge in [0.25, 0.3) is 6.43 Å². The van der Waals surface area contributed by atoms with Crippen molar-refractivity contribution in [3.05, 3.63) is 0 Å². The Kier molecular flexibility index (Phi) is 5.89. The van der Waals surface area contributed by atoms with Crippen molar-refractivity contribution in [1.29, 1.82) is 0 Å². The summed E-state index contributed by atoms with van der Waals surface area (Å²) in [5.74, 6) is 0.838. The smallest absolute Gasteiger partial charge is 0.255 e. The molecule has 0 N–H and O–H groups in total. The van der Waals surface area contributed by atoms with E-state index < -0.39 is 13.0 Å². The Bertz CT molecular complexity index is 212. The van der Waals surface area contributed by atoms with Crippen molar-refractivity contribution in [3.63, 3.8) is 0 Å². The Morgan fingerprint density at radius 3 is 2.80 bits per heavy atom. The van der Waals surface area contributed by atoms with Crippen LogP contribution >= 0.6 is 27.7 Å². The molecule has 0 bridgehead atoms. The summed E-state index contributed by atoms with van der Waals surface area (Å²) in [5, 5.41) is 0.450. The van der Waals surface area contributed by atoms with Crippen molar-refractivity contribution < 1.29 is 13.6 Å². The number of halogens is 3. The third-order valence-electron chi connectivity index (χ3n) is 2.23. The van der Waals surface area contributed by atoms with Crippen LogP contribution in [0.4, 0.5) is 8.78 Å². The largest absolute Gasteiger partial charge is 0.335 e. The zero-order valence-electron chi connectivity index (χ0n) is 8.29. The molecule has 2 nitrogen and oxygen atoms in total. The summed E-state index contributed by atoms with van der Waals surface area (Å²) in [6.07, 6.45) is -0.608. The molecule has 0 aliphatic carbocycles. The van der Waals surface area contributed by atoms with E-state index in [9.17, 15) is 13.6 Å². The molecule has 88 valence electrons. The first kappa shape index (κ1) is 13.2. The quantitative estimate of drug-likeness (QED) is 0.727. The van der Waals surface area contributed by atoms with Crippen molar-refractivity contribution in [2.24, 2.45) is 0 Å². The van der Waals surface area contributed by atoms with Crippen LogP contribution in [-0.4, -0.2) is 46.7 Å². The highest BCUT2D eigenvalue weighted by Gasteiger charge is 2.28. The molecule has 0 aromatic rings. The first-order valence-corrected chi connectivity index (χ1v) is 7.06. The van der Waals surface area contributed by atoms with Gasteiger partial charge in [-0.25, -0.2) is 8.78 Å². The molecule has 1 heterocycles. The monoisotopic (exact) mass is 301 g/mol. The van der Waals surface area contributed by atoms with Crippen LogP contribution in [0.15, 0.2) is 0 Å². The number of carbonyl (C=O) groups is 1. The van der Waals surface area contributed by atoms with Gasteiger partial charge in [-0.1, -0.05) is 15.9 Å². The Morgan fingerprint density at radius 2 is 2.33 bits per heavy atom. The first-order valence-electron chi connectivity index (χ1n) is 4.89. The fourth-order valence-corrected chi connectivity index (χ4v) is 3.21. The molecule has 6 heteroatoms. The van der Waals surface area contributed by atoms with Crippen molar-refractivity contribution in [2.75, 3.05) is 24.2 Å². The molecule has 0 aromatic carbocycles. The maximum absolute atomic E-state index is 12.2. The van der Waals surface area contributed by atoms with Gasteiger partial charge in [0.1, 0.15) is 0 Å². The Morgan fingerprint density at radius 1 is 1.60 bits per heavy atom. The second kappa shape index (κ2) is 6.68. The summed E-state index contributed by atoms with van der Waals surface area (Å²) in [4.78, 5) is 13.1. The predicted molar refractivity (Wildman–Crippen MR) is 61.9 cm³/mol. The van der Waals surface area contributed by atoms with Crippen LogP contribution in [0.5, 0.6) is 0 Å². The molecule has 1 atom stereocenters. The maximum Gasteiger partial charge on any atom is 0.255 e. The van der Waals surface area contributed by atoms with E-state index in [0.717, 1.165) is 18.6 Å². The van der Waals surface area contributed by atoms with Crippen LogP contribution in [0.25, 0.3) is 0 Å². The number of hydrogen-bond acceptors (Lipinski definition) is 2. The fourth-order valence-electron chi connectivity index (χ4n) is 1.54. The van der Waals surface area contributed by atoms with Gasteiger partial charge in [-0.3, -0.25) is 4.79 Å². The van der Waals surface area contributed by atoms with Crippen molar-refractivity contribution in [3.8, 4) is 0 Å². The van der Waals surface area contributed by atoms with Crippen LogP contribution in [0, 0.1) is 0 Å². The molecule has 0 spiro atoms. The van der Waals surface area contributed by atoms with E-state index in [1.807, 2.05) is 0 Å². The highest BCUT2D eigenvalue weighted by molar-refractivity contribution is 9.09. The molecule has 15 heavy (non-hydrogen) atoms. The molecule has 0 radical (unpaired) electrons. The minimum Gasteiger partial charge on any atom is -0.335 e. The fraction of sp³-hybridized carbons (Fsp3) is 0.889. The molecule has 1 amide bonds. The number of carbonyl (C=O) groups excluding carboxylic acids is 1. The summed E-state index contributed by atoms with van der Waals surface area (Å²) in [7, 11) is 0. The van der Waals surface area contributed by atoms with Crippen LogP contribution in [-0.2, 0) is 4.79 Å². The lowest BCUT2D eigenvalue weighted by atomic mass is 10.2. The Balaban J connectivity index is 2.49. The minimum absolute atomic E-state index is 0.0946. The second-order valence-corrected chi connectivity index (χ2v) is 5.47. The average Bonchev–Trinajstić information content (AvgIpc) is 2.68. The van der Waals surface area contributed by atoms with Gasteiger partial charge in [0, 0.05) is 11.9 Å². The van der Waals surface area contributed by atoms with Gasteiger partial charge >= 0.3 is 0 Å². The zero-order chi connectivity index (χ0) is 11.3. The number of alkyl halides is 3. The molecular formula is C9H14BrF2NOS. The summed E-state index contributed by atoms with van der Waals surface area (Å²) in [6.45, 7) is -0.0816. The van der Waals surface area contributed by atoms with E-state index in [2.05, 4.69) is 15.9 Å². The molecular weight excluding hydrogens is 288 g/mol. The van der Waals surface area contributed by atoms with Gasteiger partial charge < -0.3 is 4.90 Å². The lowest BCUT2D eigenvalue weighted by Crippen LogP contribution is -2.41. The number of rotatable bonds is 5. The van der Waals surface area contributed by atoms with Crippen LogP contribution < -0.4 is 0 Å². The molecule has 0 saturated carbocycles. The van der Waals surface area contributed by atoms with E-state index in [1.54, 1.807) is 11.8 Å². The lowest BCUT2D eigenvalue weighted by molar-refractivity contribution is -0.132. The number of nitrogens with zero attached hydrogens (tertiary/aromatic N) is 1. The van der Waals surface area contributed by atoms with Gasteiger partial charge in [0.2, 0.25) is 5.91 Å². The number of hydrogen-bond donors (Lipinski definition) is 0. The molecule has 1 unspecified atom stereocenters. The Hall–Kier alpha value is 0.160. The van der Waals surface area contributed by atoms with Gasteiger partial charge in [0.05, 0.1) is 11.8 Å². The van der Waals surface area contributed by atoms with Gasteiger partial charge in [0.15, 0.2) is 0 Å². The Labute approximate surface area is 101 Å². The van der Waals surface area contributed by atoms with E-state index in [4.69, 9.17) is 0 Å². The van der Waals surface area contributed by atoms with E-state index in [-0.39, 0.29) is 11.2 Å². The second-order valence-electron chi connectivity index (χ2n) is 3.37. The summed E-state index contributed by atoms with van der Waals surface area (Å²) < 4.78 is 24.5.